The van der Waals surface area contributed by atoms with Crippen molar-refractivity contribution in [1.82, 2.24) is 0 Å². The van der Waals surface area contributed by atoms with Gasteiger partial charge in [0, 0.05) is 5.56 Å². The van der Waals surface area contributed by atoms with Crippen LogP contribution in [0, 0.1) is 0 Å². The van der Waals surface area contributed by atoms with E-state index in [1.54, 1.807) is 6.07 Å². The Bertz CT molecular complexity index is 562. The Morgan fingerprint density at radius 1 is 1.24 bits per heavy atom. The second-order valence-corrected chi connectivity index (χ2v) is 3.68. The van der Waals surface area contributed by atoms with E-state index in [4.69, 9.17) is 0 Å². The van der Waals surface area contributed by atoms with Crippen molar-refractivity contribution in [3.63, 3.8) is 0 Å². The second-order valence-electron chi connectivity index (χ2n) is 3.68. The van der Waals surface area contributed by atoms with Gasteiger partial charge in [0.1, 0.15) is 5.75 Å². The molecule has 2 N–H and O–H groups in total. The van der Waals surface area contributed by atoms with Crippen molar-refractivity contribution in [2.24, 2.45) is 0 Å². The maximum Gasteiger partial charge on any atom is 0.339 e. The van der Waals surface area contributed by atoms with Gasteiger partial charge in [-0.05, 0) is 22.9 Å². The summed E-state index contributed by atoms with van der Waals surface area (Å²) in [6.45, 7) is 0. The molecule has 0 heterocycles. The Morgan fingerprint density at radius 2 is 1.82 bits per heavy atom. The van der Waals surface area contributed by atoms with E-state index in [2.05, 4.69) is 4.74 Å². The van der Waals surface area contributed by atoms with Crippen LogP contribution in [0.15, 0.2) is 36.4 Å². The molecule has 2 aromatic rings. The number of phenolic OH excluding ortho intramolecular Hbond substituents is 1. The molecule has 4 nitrogen and oxygen atoms in total. The lowest BCUT2D eigenvalue weighted by molar-refractivity contribution is -0.150. The second kappa shape index (κ2) is 4.43. The lowest BCUT2D eigenvalue weighted by Gasteiger charge is -2.11. The SMILES string of the molecule is COC(=O)C(O)c1cc2ccccc2cc1O. The van der Waals surface area contributed by atoms with E-state index in [9.17, 15) is 15.0 Å². The van der Waals surface area contributed by atoms with Gasteiger partial charge in [-0.15, -0.1) is 0 Å². The number of rotatable bonds is 2. The predicted molar refractivity (Wildman–Crippen MR) is 62.6 cm³/mol. The van der Waals surface area contributed by atoms with Crippen molar-refractivity contribution in [3.8, 4) is 5.75 Å². The summed E-state index contributed by atoms with van der Waals surface area (Å²) < 4.78 is 4.43. The minimum absolute atomic E-state index is 0.124. The van der Waals surface area contributed by atoms with Crippen molar-refractivity contribution < 1.29 is 19.7 Å². The summed E-state index contributed by atoms with van der Waals surface area (Å²) in [4.78, 5) is 11.2. The molecule has 0 bridgehead atoms. The first-order valence-corrected chi connectivity index (χ1v) is 5.11. The predicted octanol–water partition coefficient (Wildman–Crippen LogP) is 1.75. The summed E-state index contributed by atoms with van der Waals surface area (Å²) in [5.74, 6) is -0.919. The number of esters is 1. The number of hydrogen-bond acceptors (Lipinski definition) is 4. The van der Waals surface area contributed by atoms with Gasteiger partial charge in [-0.3, -0.25) is 0 Å². The number of fused-ring (bicyclic) bond motifs is 1. The van der Waals surface area contributed by atoms with Gasteiger partial charge in [0.2, 0.25) is 0 Å². The van der Waals surface area contributed by atoms with Crippen LogP contribution < -0.4 is 0 Å². The van der Waals surface area contributed by atoms with E-state index in [0.717, 1.165) is 10.8 Å². The van der Waals surface area contributed by atoms with Crippen molar-refractivity contribution in [3.05, 3.63) is 42.0 Å². The molecule has 0 amide bonds. The average molecular weight is 232 g/mol. The molecule has 0 aromatic heterocycles. The lowest BCUT2D eigenvalue weighted by atomic mass is 10.0. The fourth-order valence-electron chi connectivity index (χ4n) is 1.70. The molecule has 0 saturated carbocycles. The molecule has 2 rings (SSSR count). The van der Waals surface area contributed by atoms with Crippen LogP contribution in [0.1, 0.15) is 11.7 Å². The smallest absolute Gasteiger partial charge is 0.339 e. The van der Waals surface area contributed by atoms with Gasteiger partial charge >= 0.3 is 5.97 Å². The van der Waals surface area contributed by atoms with Gasteiger partial charge < -0.3 is 14.9 Å². The maximum absolute atomic E-state index is 11.2. The Labute approximate surface area is 98.1 Å². The lowest BCUT2D eigenvalue weighted by Crippen LogP contribution is -2.13. The topological polar surface area (TPSA) is 66.8 Å². The normalized spacial score (nSPS) is 12.4. The fraction of sp³-hybridized carbons (Fsp3) is 0.154. The summed E-state index contributed by atoms with van der Waals surface area (Å²) in [5, 5.41) is 21.1. The fourth-order valence-corrected chi connectivity index (χ4v) is 1.70. The molecule has 0 aliphatic heterocycles. The van der Waals surface area contributed by atoms with E-state index in [1.165, 1.54) is 13.2 Å². The number of carbonyl (C=O) groups is 1. The summed E-state index contributed by atoms with van der Waals surface area (Å²) in [6.07, 6.45) is -1.47. The van der Waals surface area contributed by atoms with Gasteiger partial charge in [0.15, 0.2) is 6.10 Å². The Kier molecular flexibility index (Phi) is 2.97. The quantitative estimate of drug-likeness (QED) is 0.774. The Hall–Kier alpha value is -2.07. The minimum Gasteiger partial charge on any atom is -0.508 e. The van der Waals surface area contributed by atoms with Gasteiger partial charge in [0.25, 0.3) is 0 Å². The van der Waals surface area contributed by atoms with Gasteiger partial charge in [0.05, 0.1) is 7.11 Å². The number of aromatic hydroxyl groups is 1. The average Bonchev–Trinajstić information content (AvgIpc) is 2.36. The minimum atomic E-state index is -1.47. The number of aliphatic hydroxyl groups is 1. The standard InChI is InChI=1S/C13H12O4/c1-17-13(16)12(15)10-6-8-4-2-3-5-9(8)7-11(10)14/h2-7,12,14-15H,1H3. The highest BCUT2D eigenvalue weighted by atomic mass is 16.5. The first-order chi connectivity index (χ1) is 8.13. The zero-order valence-corrected chi connectivity index (χ0v) is 9.25. The van der Waals surface area contributed by atoms with Crippen LogP contribution in [-0.4, -0.2) is 23.3 Å². The first-order valence-electron chi connectivity index (χ1n) is 5.11. The maximum atomic E-state index is 11.2. The largest absolute Gasteiger partial charge is 0.508 e. The molecule has 0 radical (unpaired) electrons. The highest BCUT2D eigenvalue weighted by Gasteiger charge is 2.21. The van der Waals surface area contributed by atoms with E-state index in [-0.39, 0.29) is 11.3 Å². The summed E-state index contributed by atoms with van der Waals surface area (Å²) in [6, 6.07) is 10.4. The Morgan fingerprint density at radius 3 is 2.41 bits per heavy atom. The van der Waals surface area contributed by atoms with Crippen molar-refractivity contribution >= 4 is 16.7 Å². The molecule has 0 saturated heterocycles. The molecule has 0 spiro atoms. The van der Waals surface area contributed by atoms with E-state index < -0.39 is 12.1 Å². The van der Waals surface area contributed by atoms with Crippen LogP contribution in [0.2, 0.25) is 0 Å². The summed E-state index contributed by atoms with van der Waals surface area (Å²) in [7, 11) is 1.18. The number of phenols is 1. The third kappa shape index (κ3) is 2.07. The molecule has 1 atom stereocenters. The molecular formula is C13H12O4. The molecular weight excluding hydrogens is 220 g/mol. The number of hydrogen-bond donors (Lipinski definition) is 2. The molecule has 0 fully saturated rings. The molecule has 4 heteroatoms. The van der Waals surface area contributed by atoms with E-state index in [1.807, 2.05) is 24.3 Å². The van der Waals surface area contributed by atoms with Gasteiger partial charge in [-0.2, -0.15) is 0 Å². The monoisotopic (exact) mass is 232 g/mol. The molecule has 0 aliphatic rings. The van der Waals surface area contributed by atoms with Gasteiger partial charge in [-0.25, -0.2) is 4.79 Å². The van der Waals surface area contributed by atoms with Crippen LogP contribution in [0.5, 0.6) is 5.75 Å². The number of ether oxygens (including phenoxy) is 1. The highest BCUT2D eigenvalue weighted by molar-refractivity contribution is 5.87. The van der Waals surface area contributed by atoms with Crippen LogP contribution in [0.3, 0.4) is 0 Å². The van der Waals surface area contributed by atoms with Gasteiger partial charge in [-0.1, -0.05) is 24.3 Å². The molecule has 17 heavy (non-hydrogen) atoms. The van der Waals surface area contributed by atoms with Crippen molar-refractivity contribution in [2.45, 2.75) is 6.10 Å². The van der Waals surface area contributed by atoms with Crippen LogP contribution in [-0.2, 0) is 9.53 Å². The third-order valence-electron chi connectivity index (χ3n) is 2.61. The van der Waals surface area contributed by atoms with Crippen LogP contribution >= 0.6 is 0 Å². The van der Waals surface area contributed by atoms with E-state index in [0.29, 0.717) is 0 Å². The highest BCUT2D eigenvalue weighted by Crippen LogP contribution is 2.30. The zero-order chi connectivity index (χ0) is 12.4. The zero-order valence-electron chi connectivity index (χ0n) is 9.25. The number of benzene rings is 2. The molecule has 2 aromatic carbocycles. The van der Waals surface area contributed by atoms with Crippen molar-refractivity contribution in [2.75, 3.05) is 7.11 Å². The van der Waals surface area contributed by atoms with Crippen molar-refractivity contribution in [1.29, 1.82) is 0 Å². The van der Waals surface area contributed by atoms with Crippen LogP contribution in [0.4, 0.5) is 0 Å². The van der Waals surface area contributed by atoms with Crippen LogP contribution in [0.25, 0.3) is 10.8 Å². The number of aliphatic hydroxyl groups excluding tert-OH is 1. The van der Waals surface area contributed by atoms with E-state index >= 15 is 0 Å². The molecule has 0 aliphatic carbocycles. The molecule has 1 unspecified atom stereocenters. The number of carbonyl (C=O) groups excluding carboxylic acids is 1. The third-order valence-corrected chi connectivity index (χ3v) is 2.61. The first kappa shape index (κ1) is 11.4. The summed E-state index contributed by atoms with van der Waals surface area (Å²) in [5.41, 5.74) is 0.149. The Balaban J connectivity index is 2.54. The number of methoxy groups -OCH3 is 1. The molecule has 88 valence electrons. The summed E-state index contributed by atoms with van der Waals surface area (Å²) >= 11 is 0.